The van der Waals surface area contributed by atoms with Crippen LogP contribution in [0.25, 0.3) is 22.8 Å². The summed E-state index contributed by atoms with van der Waals surface area (Å²) in [6.07, 6.45) is 13.5. The summed E-state index contributed by atoms with van der Waals surface area (Å²) in [6.45, 7) is 8.69. The van der Waals surface area contributed by atoms with Crippen LogP contribution in [0.15, 0.2) is 73.3 Å². The van der Waals surface area contributed by atoms with E-state index < -0.39 is 0 Å². The fourth-order valence-electron chi connectivity index (χ4n) is 5.60. The second-order valence-corrected chi connectivity index (χ2v) is 10.3. The Morgan fingerprint density at radius 3 is 2.45 bits per heavy atom. The van der Waals surface area contributed by atoms with Gasteiger partial charge in [-0.05, 0) is 87.6 Å². The average molecular weight is 433 g/mol. The van der Waals surface area contributed by atoms with Gasteiger partial charge in [-0.1, -0.05) is 113 Å². The maximum atomic E-state index is 4.27. The Kier molecular flexibility index (Phi) is 6.36. The first-order chi connectivity index (χ1) is 16.1. The first-order valence-corrected chi connectivity index (χ1v) is 12.8. The van der Waals surface area contributed by atoms with Crippen molar-refractivity contribution in [1.82, 2.24) is 0 Å². The monoisotopic (exact) mass is 432 g/mol. The molecule has 0 bridgehead atoms. The van der Waals surface area contributed by atoms with Crippen molar-refractivity contribution < 1.29 is 0 Å². The van der Waals surface area contributed by atoms with Crippen molar-refractivity contribution in [2.45, 2.75) is 64.7 Å². The fraction of sp³-hybridized carbons (Fsp3) is 0.333. The van der Waals surface area contributed by atoms with Crippen LogP contribution in [0.1, 0.15) is 85.3 Å². The van der Waals surface area contributed by atoms with E-state index in [0.29, 0.717) is 11.8 Å². The van der Waals surface area contributed by atoms with Gasteiger partial charge in [-0.3, -0.25) is 0 Å². The first kappa shape index (κ1) is 22.0. The third kappa shape index (κ3) is 4.76. The van der Waals surface area contributed by atoms with Crippen LogP contribution >= 0.6 is 0 Å². The van der Waals surface area contributed by atoms with Gasteiger partial charge in [0.15, 0.2) is 0 Å². The number of fused-ring (bicyclic) bond motifs is 1. The Morgan fingerprint density at radius 1 is 0.909 bits per heavy atom. The van der Waals surface area contributed by atoms with Gasteiger partial charge in [0.05, 0.1) is 0 Å². The smallest absolute Gasteiger partial charge is 0.00254 e. The fourth-order valence-corrected chi connectivity index (χ4v) is 5.60. The predicted octanol–water partition coefficient (Wildman–Crippen LogP) is 9.23. The van der Waals surface area contributed by atoms with Gasteiger partial charge in [-0.25, -0.2) is 0 Å². The Hall–Kier alpha value is -2.86. The van der Waals surface area contributed by atoms with E-state index in [9.17, 15) is 0 Å². The number of allylic oxidation sites excluding steroid dienone is 2. The molecule has 168 valence electrons. The summed E-state index contributed by atoms with van der Waals surface area (Å²) in [5, 5.41) is 0. The van der Waals surface area contributed by atoms with E-state index in [2.05, 4.69) is 93.2 Å². The highest BCUT2D eigenvalue weighted by Gasteiger charge is 2.19. The third-order valence-electron chi connectivity index (χ3n) is 7.65. The van der Waals surface area contributed by atoms with Crippen LogP contribution in [0.3, 0.4) is 0 Å². The molecule has 5 rings (SSSR count). The van der Waals surface area contributed by atoms with Crippen LogP contribution in [-0.2, 0) is 12.8 Å². The zero-order valence-corrected chi connectivity index (χ0v) is 20.2. The van der Waals surface area contributed by atoms with E-state index in [1.807, 2.05) is 0 Å². The molecule has 0 N–H and O–H groups in total. The highest BCUT2D eigenvalue weighted by Crippen LogP contribution is 2.38. The summed E-state index contributed by atoms with van der Waals surface area (Å²) >= 11 is 0. The molecule has 0 unspecified atom stereocenters. The van der Waals surface area contributed by atoms with Crippen LogP contribution in [0.4, 0.5) is 0 Å². The number of benzene rings is 3. The minimum atomic E-state index is 0.479. The Bertz CT molecular complexity index is 1170. The molecule has 0 saturated heterocycles. The van der Waals surface area contributed by atoms with Gasteiger partial charge in [0.1, 0.15) is 0 Å². The molecule has 0 aromatic heterocycles. The lowest BCUT2D eigenvalue weighted by atomic mass is 9.81. The maximum absolute atomic E-state index is 4.27. The molecular weight excluding hydrogens is 396 g/mol. The maximum Gasteiger partial charge on any atom is -0.00254 e. The highest BCUT2D eigenvalue weighted by atomic mass is 14.2. The molecule has 0 atom stereocenters. The Morgan fingerprint density at radius 2 is 1.70 bits per heavy atom. The van der Waals surface area contributed by atoms with E-state index in [1.165, 1.54) is 76.6 Å². The highest BCUT2D eigenvalue weighted by molar-refractivity contribution is 5.80. The van der Waals surface area contributed by atoms with Crippen LogP contribution < -0.4 is 0 Å². The molecule has 1 fully saturated rings. The third-order valence-corrected chi connectivity index (χ3v) is 7.65. The SMILES string of the molecule is C=C(c1ccc(Cc2cc(-c3cccc4c3C=CC4)cc(C3CCCCC3)c2)cc1)C(C)C. The van der Waals surface area contributed by atoms with Gasteiger partial charge >= 0.3 is 0 Å². The largest absolute Gasteiger partial charge is 0.0950 e. The van der Waals surface area contributed by atoms with E-state index in [0.717, 1.165) is 12.8 Å². The molecule has 0 aliphatic heterocycles. The molecule has 0 radical (unpaired) electrons. The van der Waals surface area contributed by atoms with Crippen molar-refractivity contribution in [2.75, 3.05) is 0 Å². The second-order valence-electron chi connectivity index (χ2n) is 10.3. The molecule has 0 spiro atoms. The average Bonchev–Trinajstić information content (AvgIpc) is 3.33. The summed E-state index contributed by atoms with van der Waals surface area (Å²) in [4.78, 5) is 0. The quantitative estimate of drug-likeness (QED) is 0.364. The van der Waals surface area contributed by atoms with Crippen molar-refractivity contribution >= 4 is 11.6 Å². The van der Waals surface area contributed by atoms with Gasteiger partial charge in [0.25, 0.3) is 0 Å². The molecule has 3 aromatic rings. The van der Waals surface area contributed by atoms with Crippen molar-refractivity contribution in [3.05, 3.63) is 107 Å². The molecule has 0 heterocycles. The van der Waals surface area contributed by atoms with E-state index in [1.54, 1.807) is 5.56 Å². The van der Waals surface area contributed by atoms with Gasteiger partial charge in [-0.15, -0.1) is 0 Å². The molecule has 0 amide bonds. The molecule has 0 nitrogen and oxygen atoms in total. The zero-order chi connectivity index (χ0) is 22.8. The Balaban J connectivity index is 1.50. The van der Waals surface area contributed by atoms with Gasteiger partial charge < -0.3 is 0 Å². The van der Waals surface area contributed by atoms with Crippen molar-refractivity contribution in [3.63, 3.8) is 0 Å². The van der Waals surface area contributed by atoms with E-state index in [4.69, 9.17) is 0 Å². The predicted molar refractivity (Wildman–Crippen MR) is 144 cm³/mol. The van der Waals surface area contributed by atoms with Crippen molar-refractivity contribution in [1.29, 1.82) is 0 Å². The van der Waals surface area contributed by atoms with Gasteiger partial charge in [0, 0.05) is 0 Å². The van der Waals surface area contributed by atoms with Crippen LogP contribution in [0.2, 0.25) is 0 Å². The van der Waals surface area contributed by atoms with Crippen LogP contribution in [0, 0.1) is 5.92 Å². The Labute approximate surface area is 200 Å². The minimum Gasteiger partial charge on any atom is -0.0950 e. The molecule has 3 aromatic carbocycles. The molecule has 1 saturated carbocycles. The van der Waals surface area contributed by atoms with Crippen molar-refractivity contribution in [3.8, 4) is 11.1 Å². The summed E-state index contributed by atoms with van der Waals surface area (Å²) in [7, 11) is 0. The number of hydrogen-bond acceptors (Lipinski definition) is 0. The second kappa shape index (κ2) is 9.56. The lowest BCUT2D eigenvalue weighted by Crippen LogP contribution is -2.06. The minimum absolute atomic E-state index is 0.479. The van der Waals surface area contributed by atoms with Crippen molar-refractivity contribution in [2.24, 2.45) is 5.92 Å². The molecule has 2 aliphatic carbocycles. The molecule has 2 aliphatic rings. The summed E-state index contributed by atoms with van der Waals surface area (Å²) in [5.41, 5.74) is 12.5. The topological polar surface area (TPSA) is 0 Å². The van der Waals surface area contributed by atoms with Crippen LogP contribution in [-0.4, -0.2) is 0 Å². The molecule has 0 heteroatoms. The molecule has 33 heavy (non-hydrogen) atoms. The summed E-state index contributed by atoms with van der Waals surface area (Å²) in [6, 6.07) is 23.3. The van der Waals surface area contributed by atoms with Crippen LogP contribution in [0.5, 0.6) is 0 Å². The standard InChI is InChI=1S/C33H36/c1-23(2)24(3)27-17-15-25(16-18-27)19-26-20-30(28-9-5-4-6-10-28)22-31(21-26)33-14-8-12-29-11-7-13-32(29)33/h7-8,12-18,20-23,28H,3-6,9-11,19H2,1-2H3. The summed E-state index contributed by atoms with van der Waals surface area (Å²) < 4.78 is 0. The lowest BCUT2D eigenvalue weighted by molar-refractivity contribution is 0.443. The van der Waals surface area contributed by atoms with E-state index >= 15 is 0 Å². The first-order valence-electron chi connectivity index (χ1n) is 12.8. The number of rotatable bonds is 6. The molecular formula is C33H36. The van der Waals surface area contributed by atoms with Gasteiger partial charge in [0.2, 0.25) is 0 Å². The normalized spacial score (nSPS) is 15.7. The van der Waals surface area contributed by atoms with Gasteiger partial charge in [-0.2, -0.15) is 0 Å². The summed E-state index contributed by atoms with van der Waals surface area (Å²) in [5.74, 6) is 1.19. The van der Waals surface area contributed by atoms with E-state index in [-0.39, 0.29) is 0 Å². The lowest BCUT2D eigenvalue weighted by Gasteiger charge is -2.24. The number of hydrogen-bond donors (Lipinski definition) is 0. The zero-order valence-electron chi connectivity index (χ0n) is 20.2.